The van der Waals surface area contributed by atoms with Crippen LogP contribution >= 0.6 is 11.6 Å². The van der Waals surface area contributed by atoms with Crippen LogP contribution in [0.15, 0.2) is 15.3 Å². The molecule has 1 fully saturated rings. The molecule has 0 amide bonds. The fraction of sp³-hybridized carbons (Fsp3) is 0.476. The van der Waals surface area contributed by atoms with E-state index in [-0.39, 0.29) is 33.0 Å². The second-order valence-electron chi connectivity index (χ2n) is 7.89. The number of halogens is 1. The molecule has 1 aliphatic rings. The number of aryl methyl sites for hydroxylation is 3. The summed E-state index contributed by atoms with van der Waals surface area (Å²) >= 11 is 6.53. The van der Waals surface area contributed by atoms with E-state index in [1.54, 1.807) is 26.8 Å². The highest BCUT2D eigenvalue weighted by molar-refractivity contribution is 6.32. The summed E-state index contributed by atoms with van der Waals surface area (Å²) in [6, 6.07) is 1.69. The molecule has 10 heteroatoms. The fourth-order valence-electron chi connectivity index (χ4n) is 4.34. The van der Waals surface area contributed by atoms with Crippen LogP contribution < -0.4 is 5.43 Å². The number of aromatic nitrogens is 1. The molecule has 1 aliphatic heterocycles. The fourth-order valence-corrected chi connectivity index (χ4v) is 4.61. The lowest BCUT2D eigenvalue weighted by atomic mass is 9.98. The van der Waals surface area contributed by atoms with E-state index in [1.807, 2.05) is 0 Å². The minimum Gasteiger partial charge on any atom is -0.507 e. The molecular formula is C21H24ClNO8. The van der Waals surface area contributed by atoms with Gasteiger partial charge in [0.15, 0.2) is 6.23 Å². The number of benzene rings is 1. The molecule has 1 saturated heterocycles. The number of phenols is 1. The van der Waals surface area contributed by atoms with Gasteiger partial charge >= 0.3 is 0 Å². The molecule has 0 saturated carbocycles. The molecule has 2 aromatic heterocycles. The Morgan fingerprint density at radius 2 is 1.84 bits per heavy atom. The molecule has 0 aliphatic carbocycles. The first-order valence-electron chi connectivity index (χ1n) is 9.75. The second-order valence-corrected chi connectivity index (χ2v) is 8.25. The van der Waals surface area contributed by atoms with E-state index in [0.717, 1.165) is 0 Å². The van der Waals surface area contributed by atoms with Gasteiger partial charge in [0.2, 0.25) is 11.1 Å². The number of aliphatic hydroxyl groups is 3. The Balaban J connectivity index is 2.03. The van der Waals surface area contributed by atoms with Gasteiger partial charge in [-0.05, 0) is 38.0 Å². The Morgan fingerprint density at radius 3 is 2.45 bits per heavy atom. The van der Waals surface area contributed by atoms with Crippen molar-refractivity contribution < 1.29 is 34.3 Å². The van der Waals surface area contributed by atoms with Crippen molar-refractivity contribution in [1.29, 1.82) is 0 Å². The standard InChI is InChI=1S/C21H24ClNO8/c1-7-5-8(2)17-12(13(7)25)14(26)11-9(3)19(22)23(20(11)31-17)21-16(28)15(27)18(29-4)10(6-24)30-21/h5,10,15-16,18,21,24-25,27-28H,6H2,1-4H3. The van der Waals surface area contributed by atoms with Gasteiger partial charge in [0.05, 0.1) is 12.0 Å². The van der Waals surface area contributed by atoms with Crippen molar-refractivity contribution in [3.8, 4) is 5.75 Å². The summed E-state index contributed by atoms with van der Waals surface area (Å²) in [4.78, 5) is 13.3. The Bertz CT molecular complexity index is 1230. The van der Waals surface area contributed by atoms with Crippen molar-refractivity contribution in [1.82, 2.24) is 4.57 Å². The van der Waals surface area contributed by atoms with Crippen LogP contribution in [-0.4, -0.2) is 63.1 Å². The molecule has 0 spiro atoms. The third kappa shape index (κ3) is 3.07. The number of fused-ring (bicyclic) bond motifs is 2. The number of aromatic hydroxyl groups is 1. The van der Waals surface area contributed by atoms with Crippen LogP contribution in [0, 0.1) is 20.8 Å². The van der Waals surface area contributed by atoms with Crippen LogP contribution in [0.4, 0.5) is 0 Å². The molecule has 0 bridgehead atoms. The van der Waals surface area contributed by atoms with Crippen molar-refractivity contribution in [3.63, 3.8) is 0 Å². The van der Waals surface area contributed by atoms with Gasteiger partial charge in [-0.3, -0.25) is 9.36 Å². The van der Waals surface area contributed by atoms with E-state index in [0.29, 0.717) is 16.7 Å². The molecule has 5 unspecified atom stereocenters. The SMILES string of the molecule is COC1C(CO)OC(n2c(Cl)c(C)c3c(=O)c4c(O)c(C)cc(C)c4oc32)C(O)C1O. The normalized spacial score (nSPS) is 26.8. The average Bonchev–Trinajstić information content (AvgIpc) is 2.98. The average molecular weight is 454 g/mol. The number of nitrogens with zero attached hydrogens (tertiary/aromatic N) is 1. The third-order valence-corrected chi connectivity index (χ3v) is 6.44. The highest BCUT2D eigenvalue weighted by Gasteiger charge is 2.46. The molecule has 4 rings (SSSR count). The quantitative estimate of drug-likeness (QED) is 0.470. The van der Waals surface area contributed by atoms with E-state index in [1.165, 1.54) is 11.7 Å². The van der Waals surface area contributed by atoms with Gasteiger partial charge in [-0.2, -0.15) is 0 Å². The van der Waals surface area contributed by atoms with Crippen LogP contribution in [0.25, 0.3) is 22.1 Å². The van der Waals surface area contributed by atoms with Crippen LogP contribution in [0.1, 0.15) is 22.9 Å². The first kappa shape index (κ1) is 22.1. The Morgan fingerprint density at radius 1 is 1.16 bits per heavy atom. The van der Waals surface area contributed by atoms with Gasteiger partial charge in [-0.15, -0.1) is 0 Å². The van der Waals surface area contributed by atoms with Crippen LogP contribution in [0.5, 0.6) is 5.75 Å². The maximum Gasteiger partial charge on any atom is 0.215 e. The summed E-state index contributed by atoms with van der Waals surface area (Å²) in [5, 5.41) is 41.7. The lowest BCUT2D eigenvalue weighted by Crippen LogP contribution is -2.57. The van der Waals surface area contributed by atoms with Gasteiger partial charge in [-0.25, -0.2) is 0 Å². The summed E-state index contributed by atoms with van der Waals surface area (Å²) in [7, 11) is 1.33. The van der Waals surface area contributed by atoms with E-state index < -0.39 is 42.7 Å². The summed E-state index contributed by atoms with van der Waals surface area (Å²) in [6.07, 6.45) is -6.07. The van der Waals surface area contributed by atoms with Gasteiger partial charge < -0.3 is 34.3 Å². The van der Waals surface area contributed by atoms with Crippen LogP contribution in [0.2, 0.25) is 5.15 Å². The third-order valence-electron chi connectivity index (χ3n) is 5.98. The predicted octanol–water partition coefficient (Wildman–Crippen LogP) is 1.66. The zero-order chi connectivity index (χ0) is 22.8. The largest absolute Gasteiger partial charge is 0.507 e. The topological polar surface area (TPSA) is 135 Å². The lowest BCUT2D eigenvalue weighted by Gasteiger charge is -2.42. The first-order valence-corrected chi connectivity index (χ1v) is 10.1. The number of ether oxygens (including phenoxy) is 2. The molecule has 3 heterocycles. The monoisotopic (exact) mass is 453 g/mol. The molecule has 0 radical (unpaired) electrons. The molecule has 1 aromatic carbocycles. The van der Waals surface area contributed by atoms with Gasteiger partial charge in [0, 0.05) is 12.7 Å². The lowest BCUT2D eigenvalue weighted by molar-refractivity contribution is -0.256. The molecule has 3 aromatic rings. The van der Waals surface area contributed by atoms with Crippen LogP contribution in [0.3, 0.4) is 0 Å². The Kier molecular flexibility index (Phi) is 5.53. The van der Waals surface area contributed by atoms with Crippen LogP contribution in [-0.2, 0) is 9.47 Å². The van der Waals surface area contributed by atoms with E-state index in [2.05, 4.69) is 0 Å². The second kappa shape index (κ2) is 7.77. The number of phenolic OH excluding ortho intramolecular Hbond substituents is 1. The zero-order valence-electron chi connectivity index (χ0n) is 17.4. The van der Waals surface area contributed by atoms with Crippen molar-refractivity contribution in [2.45, 2.75) is 51.4 Å². The number of rotatable bonds is 3. The molecular weight excluding hydrogens is 430 g/mol. The molecule has 9 nitrogen and oxygen atoms in total. The van der Waals surface area contributed by atoms with E-state index >= 15 is 0 Å². The molecule has 4 N–H and O–H groups in total. The number of methoxy groups -OCH3 is 1. The predicted molar refractivity (Wildman–Crippen MR) is 113 cm³/mol. The molecule has 31 heavy (non-hydrogen) atoms. The molecule has 168 valence electrons. The van der Waals surface area contributed by atoms with Gasteiger partial charge in [0.25, 0.3) is 0 Å². The molecule has 5 atom stereocenters. The van der Waals surface area contributed by atoms with Crippen molar-refractivity contribution in [2.24, 2.45) is 0 Å². The highest BCUT2D eigenvalue weighted by atomic mass is 35.5. The maximum atomic E-state index is 13.3. The highest BCUT2D eigenvalue weighted by Crippen LogP contribution is 2.40. The summed E-state index contributed by atoms with van der Waals surface area (Å²) in [5.74, 6) is -0.174. The zero-order valence-corrected chi connectivity index (χ0v) is 18.2. The Labute approximate surface area is 182 Å². The number of hydrogen-bond donors (Lipinski definition) is 4. The summed E-state index contributed by atoms with van der Waals surface area (Å²) < 4.78 is 18.3. The number of hydrogen-bond acceptors (Lipinski definition) is 8. The van der Waals surface area contributed by atoms with E-state index in [9.17, 15) is 25.2 Å². The van der Waals surface area contributed by atoms with Crippen molar-refractivity contribution >= 4 is 33.7 Å². The van der Waals surface area contributed by atoms with E-state index in [4.69, 9.17) is 25.5 Å². The maximum absolute atomic E-state index is 13.3. The smallest absolute Gasteiger partial charge is 0.215 e. The van der Waals surface area contributed by atoms with Crippen molar-refractivity contribution in [2.75, 3.05) is 13.7 Å². The minimum atomic E-state index is -1.49. The van der Waals surface area contributed by atoms with Gasteiger partial charge in [-0.1, -0.05) is 11.6 Å². The van der Waals surface area contributed by atoms with Gasteiger partial charge in [0.1, 0.15) is 46.3 Å². The Hall–Kier alpha value is -2.14. The minimum absolute atomic E-state index is 0.0233. The number of aliphatic hydroxyl groups excluding tert-OH is 3. The van der Waals surface area contributed by atoms with Crippen molar-refractivity contribution in [3.05, 3.63) is 38.1 Å². The summed E-state index contributed by atoms with van der Waals surface area (Å²) in [6.45, 7) is 4.56. The first-order chi connectivity index (χ1) is 14.6. The summed E-state index contributed by atoms with van der Waals surface area (Å²) in [5.41, 5.74) is 1.25.